The Balaban J connectivity index is 1.85. The molecule has 1 fully saturated rings. The van der Waals surface area contributed by atoms with Crippen molar-refractivity contribution in [3.63, 3.8) is 0 Å². The fourth-order valence-corrected chi connectivity index (χ4v) is 5.19. The number of para-hydroxylation sites is 1. The summed E-state index contributed by atoms with van der Waals surface area (Å²) in [5.41, 5.74) is 1.72. The summed E-state index contributed by atoms with van der Waals surface area (Å²) < 4.78 is 25.7. The molecule has 1 atom stereocenters. The molecule has 0 radical (unpaired) electrons. The first-order chi connectivity index (χ1) is 11.7. The molecule has 0 saturated carbocycles. The molecule has 2 aromatic heterocycles. The molecular formula is C18H22N4O2S. The number of benzene rings is 1. The summed E-state index contributed by atoms with van der Waals surface area (Å²) in [5, 5.41) is 5.83. The van der Waals surface area contributed by atoms with Crippen molar-refractivity contribution in [2.45, 2.75) is 38.6 Å². The minimum Gasteiger partial charge on any atom is -0.360 e. The number of hydrogen-bond donors (Lipinski definition) is 1. The minimum absolute atomic E-state index is 0.0873. The number of fused-ring (bicyclic) bond motifs is 1. The predicted molar refractivity (Wildman–Crippen MR) is 98.3 cm³/mol. The van der Waals surface area contributed by atoms with Crippen molar-refractivity contribution < 1.29 is 8.42 Å². The van der Waals surface area contributed by atoms with Crippen molar-refractivity contribution in [3.05, 3.63) is 36.3 Å². The van der Waals surface area contributed by atoms with E-state index in [0.717, 1.165) is 22.3 Å². The largest absolute Gasteiger partial charge is 0.360 e. The Morgan fingerprint density at radius 2 is 2.00 bits per heavy atom. The molecule has 3 heterocycles. The molecule has 3 aromatic rings. The van der Waals surface area contributed by atoms with Crippen LogP contribution in [0.15, 0.2) is 30.5 Å². The topological polar surface area (TPSA) is 80.6 Å². The number of nitrogens with zero attached hydrogens (tertiary/aromatic N) is 3. The number of H-pyrrole nitrogens is 1. The molecule has 25 heavy (non-hydrogen) atoms. The Labute approximate surface area is 147 Å². The zero-order valence-corrected chi connectivity index (χ0v) is 15.5. The maximum Gasteiger partial charge on any atom is 0.183 e. The third-order valence-corrected chi connectivity index (χ3v) is 6.46. The van der Waals surface area contributed by atoms with Crippen LogP contribution in [0.3, 0.4) is 0 Å². The van der Waals surface area contributed by atoms with E-state index in [1.165, 1.54) is 0 Å². The van der Waals surface area contributed by atoms with Crippen LogP contribution in [-0.2, 0) is 15.4 Å². The lowest BCUT2D eigenvalue weighted by molar-refractivity contribution is 0.335. The normalized spacial score (nSPS) is 20.4. The van der Waals surface area contributed by atoms with Crippen LogP contribution in [0, 0.1) is 0 Å². The molecule has 0 aliphatic carbocycles. The van der Waals surface area contributed by atoms with E-state index in [1.54, 1.807) is 0 Å². The second-order valence-electron chi connectivity index (χ2n) is 7.72. The summed E-state index contributed by atoms with van der Waals surface area (Å²) in [4.78, 5) is 8.04. The Hall–Kier alpha value is -2.15. The highest BCUT2D eigenvalue weighted by molar-refractivity contribution is 7.91. The number of aromatic nitrogens is 4. The zero-order valence-electron chi connectivity index (χ0n) is 14.7. The van der Waals surface area contributed by atoms with Gasteiger partial charge in [-0.2, -0.15) is 5.10 Å². The monoisotopic (exact) mass is 358 g/mol. The van der Waals surface area contributed by atoms with E-state index >= 15 is 0 Å². The van der Waals surface area contributed by atoms with Crippen LogP contribution >= 0.6 is 0 Å². The molecule has 0 unspecified atom stereocenters. The quantitative estimate of drug-likeness (QED) is 0.763. The molecule has 1 aliphatic heterocycles. The molecule has 7 heteroatoms. The van der Waals surface area contributed by atoms with Gasteiger partial charge in [-0.3, -0.25) is 0 Å². The Morgan fingerprint density at radius 3 is 2.68 bits per heavy atom. The van der Waals surface area contributed by atoms with Crippen molar-refractivity contribution in [3.8, 4) is 11.4 Å². The fourth-order valence-electron chi connectivity index (χ4n) is 3.45. The first-order valence-corrected chi connectivity index (χ1v) is 10.3. The van der Waals surface area contributed by atoms with Gasteiger partial charge in [0.25, 0.3) is 0 Å². The van der Waals surface area contributed by atoms with E-state index < -0.39 is 9.84 Å². The van der Waals surface area contributed by atoms with Gasteiger partial charge < -0.3 is 4.98 Å². The van der Waals surface area contributed by atoms with Crippen LogP contribution in [0.1, 0.15) is 38.9 Å². The second-order valence-corrected chi connectivity index (χ2v) is 9.95. The number of rotatable bonds is 2. The molecule has 0 spiro atoms. The maximum atomic E-state index is 11.9. The number of sulfone groups is 1. The fraction of sp³-hybridized carbons (Fsp3) is 0.444. The van der Waals surface area contributed by atoms with Gasteiger partial charge in [0.2, 0.25) is 0 Å². The standard InChI is InChI=1S/C18H22N4O2S/c1-18(2,3)22-17(12-8-9-25(23,24)11-12)20-16(21-22)14-10-19-15-7-5-4-6-13(14)15/h4-7,10,12,19H,8-9,11H2,1-3H3/t12-/m1/s1. The second kappa shape index (κ2) is 5.42. The highest BCUT2D eigenvalue weighted by Crippen LogP contribution is 2.33. The lowest BCUT2D eigenvalue weighted by Gasteiger charge is -2.22. The van der Waals surface area contributed by atoms with Gasteiger partial charge in [0, 0.05) is 28.6 Å². The number of nitrogens with one attached hydrogen (secondary N) is 1. The summed E-state index contributed by atoms with van der Waals surface area (Å²) in [7, 11) is -2.97. The number of aromatic amines is 1. The molecule has 0 amide bonds. The summed E-state index contributed by atoms with van der Waals surface area (Å²) in [6.07, 6.45) is 2.53. The van der Waals surface area contributed by atoms with Gasteiger partial charge in [0.05, 0.1) is 17.0 Å². The van der Waals surface area contributed by atoms with Crippen LogP contribution in [-0.4, -0.2) is 39.7 Å². The van der Waals surface area contributed by atoms with E-state index in [-0.39, 0.29) is 23.0 Å². The van der Waals surface area contributed by atoms with Crippen LogP contribution < -0.4 is 0 Å². The SMILES string of the molecule is CC(C)(C)n1nc(-c2c[nH]c3ccccc23)nc1[C@@H]1CCS(=O)(=O)C1. The van der Waals surface area contributed by atoms with Gasteiger partial charge >= 0.3 is 0 Å². The first-order valence-electron chi connectivity index (χ1n) is 8.49. The summed E-state index contributed by atoms with van der Waals surface area (Å²) in [5.74, 6) is 1.72. The van der Waals surface area contributed by atoms with Crippen molar-refractivity contribution >= 4 is 20.7 Å². The molecule has 1 aromatic carbocycles. The molecule has 0 bridgehead atoms. The van der Waals surface area contributed by atoms with Crippen molar-refractivity contribution in [2.24, 2.45) is 0 Å². The maximum absolute atomic E-state index is 11.9. The van der Waals surface area contributed by atoms with Crippen LogP contribution in [0.2, 0.25) is 0 Å². The third kappa shape index (κ3) is 2.86. The molecule has 132 valence electrons. The van der Waals surface area contributed by atoms with Gasteiger partial charge in [-0.25, -0.2) is 18.1 Å². The van der Waals surface area contributed by atoms with Crippen LogP contribution in [0.25, 0.3) is 22.3 Å². The third-order valence-electron chi connectivity index (χ3n) is 4.70. The van der Waals surface area contributed by atoms with E-state index in [9.17, 15) is 8.42 Å². The summed E-state index contributed by atoms with van der Waals surface area (Å²) in [6, 6.07) is 8.03. The Bertz CT molecular complexity index is 1040. The van der Waals surface area contributed by atoms with Gasteiger partial charge in [0.1, 0.15) is 5.82 Å². The molecular weight excluding hydrogens is 336 g/mol. The molecule has 1 saturated heterocycles. The van der Waals surface area contributed by atoms with Gasteiger partial charge in [-0.05, 0) is 33.3 Å². The van der Waals surface area contributed by atoms with E-state index in [1.807, 2.05) is 35.1 Å². The minimum atomic E-state index is -2.97. The average Bonchev–Trinajstić information content (AvgIpc) is 3.21. The van der Waals surface area contributed by atoms with Crippen molar-refractivity contribution in [1.82, 2.24) is 19.7 Å². The summed E-state index contributed by atoms with van der Waals surface area (Å²) in [6.45, 7) is 6.19. The molecule has 4 rings (SSSR count). The van der Waals surface area contributed by atoms with E-state index in [4.69, 9.17) is 10.1 Å². The lowest BCUT2D eigenvalue weighted by atomic mass is 10.1. The Kier molecular flexibility index (Phi) is 3.54. The van der Waals surface area contributed by atoms with Gasteiger partial charge in [-0.15, -0.1) is 0 Å². The van der Waals surface area contributed by atoms with Crippen LogP contribution in [0.4, 0.5) is 0 Å². The van der Waals surface area contributed by atoms with Crippen molar-refractivity contribution in [1.29, 1.82) is 0 Å². The predicted octanol–water partition coefficient (Wildman–Crippen LogP) is 3.08. The van der Waals surface area contributed by atoms with E-state index in [2.05, 4.69) is 25.8 Å². The van der Waals surface area contributed by atoms with E-state index in [0.29, 0.717) is 12.2 Å². The van der Waals surface area contributed by atoms with Gasteiger partial charge in [-0.1, -0.05) is 18.2 Å². The lowest BCUT2D eigenvalue weighted by Crippen LogP contribution is -2.27. The zero-order chi connectivity index (χ0) is 17.8. The highest BCUT2D eigenvalue weighted by atomic mass is 32.2. The molecule has 1 aliphatic rings. The number of hydrogen-bond acceptors (Lipinski definition) is 4. The van der Waals surface area contributed by atoms with Crippen LogP contribution in [0.5, 0.6) is 0 Å². The molecule has 6 nitrogen and oxygen atoms in total. The summed E-state index contributed by atoms with van der Waals surface area (Å²) >= 11 is 0. The Morgan fingerprint density at radius 1 is 1.24 bits per heavy atom. The smallest absolute Gasteiger partial charge is 0.183 e. The molecule has 1 N–H and O–H groups in total. The first kappa shape index (κ1) is 16.3. The highest BCUT2D eigenvalue weighted by Gasteiger charge is 2.35. The van der Waals surface area contributed by atoms with Crippen molar-refractivity contribution in [2.75, 3.05) is 11.5 Å². The average molecular weight is 358 g/mol. The van der Waals surface area contributed by atoms with Gasteiger partial charge in [0.15, 0.2) is 15.7 Å².